The Labute approximate surface area is 148 Å². The van der Waals surface area contributed by atoms with Crippen LogP contribution in [0.4, 0.5) is 0 Å². The molecule has 1 aliphatic carbocycles. The number of nitrogens with two attached hydrogens (primary N) is 2. The second-order valence-electron chi connectivity index (χ2n) is 6.31. The van der Waals surface area contributed by atoms with E-state index in [1.807, 2.05) is 0 Å². The molecule has 134 valence electrons. The van der Waals surface area contributed by atoms with Gasteiger partial charge in [0.1, 0.15) is 17.7 Å². The molecule has 1 fully saturated rings. The maximum Gasteiger partial charge on any atom is 0.271 e. The molecule has 3 heterocycles. The van der Waals surface area contributed by atoms with E-state index in [2.05, 4.69) is 15.3 Å². The summed E-state index contributed by atoms with van der Waals surface area (Å²) < 4.78 is 6.82. The monoisotopic (exact) mass is 354 g/mol. The van der Waals surface area contributed by atoms with E-state index in [1.54, 1.807) is 18.2 Å². The lowest BCUT2D eigenvalue weighted by atomic mass is 10.1. The molecule has 1 aliphatic rings. The SMILES string of the molecule is NCC(NC(=O)c1cc(-c2ccco2)nc2c(C(N)=O)ncn12)C1CC1. The number of aromatic nitrogens is 3. The average molecular weight is 354 g/mol. The topological polar surface area (TPSA) is 142 Å². The van der Waals surface area contributed by atoms with E-state index in [1.165, 1.54) is 17.0 Å². The minimum absolute atomic E-state index is 0.00924. The fourth-order valence-electron chi connectivity index (χ4n) is 2.98. The number of amides is 2. The fourth-order valence-corrected chi connectivity index (χ4v) is 2.98. The molecular formula is C17H18N6O3. The quantitative estimate of drug-likeness (QED) is 0.590. The first-order valence-corrected chi connectivity index (χ1v) is 8.31. The summed E-state index contributed by atoms with van der Waals surface area (Å²) >= 11 is 0. The van der Waals surface area contributed by atoms with Crippen LogP contribution in [0.1, 0.15) is 33.8 Å². The number of nitrogens with one attached hydrogen (secondary N) is 1. The molecule has 9 heteroatoms. The van der Waals surface area contributed by atoms with Crippen molar-refractivity contribution in [2.75, 3.05) is 6.54 Å². The standard InChI is InChI=1S/C17H18N6O3/c18-7-11(9-3-4-9)22-17(25)12-6-10(13-2-1-5-26-13)21-16-14(15(19)24)20-8-23(12)16/h1-2,5-6,8-9,11H,3-4,7,18H2,(H2,19,24)(H,22,25). The number of hydrogen-bond donors (Lipinski definition) is 3. The zero-order valence-electron chi connectivity index (χ0n) is 13.9. The number of primary amides is 1. The summed E-state index contributed by atoms with van der Waals surface area (Å²) in [7, 11) is 0. The molecule has 0 bridgehead atoms. The lowest BCUT2D eigenvalue weighted by Gasteiger charge is -2.16. The Morgan fingerprint density at radius 3 is 2.85 bits per heavy atom. The zero-order chi connectivity index (χ0) is 18.3. The smallest absolute Gasteiger partial charge is 0.271 e. The Morgan fingerprint density at radius 2 is 2.23 bits per heavy atom. The molecule has 0 spiro atoms. The summed E-state index contributed by atoms with van der Waals surface area (Å²) in [6, 6.07) is 4.93. The van der Waals surface area contributed by atoms with Crippen molar-refractivity contribution in [3.8, 4) is 11.5 Å². The Kier molecular flexibility index (Phi) is 3.92. The number of imidazole rings is 1. The van der Waals surface area contributed by atoms with Crippen LogP contribution in [0, 0.1) is 5.92 Å². The first kappa shape index (κ1) is 16.3. The number of carbonyl (C=O) groups is 2. The fraction of sp³-hybridized carbons (Fsp3) is 0.294. The van der Waals surface area contributed by atoms with Gasteiger partial charge in [-0.15, -0.1) is 0 Å². The molecule has 1 atom stereocenters. The van der Waals surface area contributed by atoms with Crippen molar-refractivity contribution in [1.82, 2.24) is 19.7 Å². The van der Waals surface area contributed by atoms with E-state index in [4.69, 9.17) is 15.9 Å². The minimum atomic E-state index is -0.722. The Hall–Kier alpha value is -3.20. The van der Waals surface area contributed by atoms with Gasteiger partial charge in [-0.2, -0.15) is 0 Å². The van der Waals surface area contributed by atoms with Crippen molar-refractivity contribution in [3.05, 3.63) is 42.2 Å². The molecule has 0 aromatic carbocycles. The van der Waals surface area contributed by atoms with E-state index in [-0.39, 0.29) is 29.0 Å². The number of carbonyl (C=O) groups excluding carboxylic acids is 2. The molecule has 4 rings (SSSR count). The van der Waals surface area contributed by atoms with Crippen LogP contribution in [-0.4, -0.2) is 38.8 Å². The number of rotatable bonds is 6. The van der Waals surface area contributed by atoms with E-state index in [0.29, 0.717) is 23.9 Å². The predicted octanol–water partition coefficient (Wildman–Crippen LogP) is 0.555. The van der Waals surface area contributed by atoms with Crippen LogP contribution in [0.15, 0.2) is 35.2 Å². The van der Waals surface area contributed by atoms with Gasteiger partial charge in [-0.05, 0) is 37.0 Å². The third kappa shape index (κ3) is 2.82. The predicted molar refractivity (Wildman–Crippen MR) is 92.2 cm³/mol. The molecule has 0 radical (unpaired) electrons. The van der Waals surface area contributed by atoms with E-state index < -0.39 is 5.91 Å². The normalized spacial score (nSPS) is 15.1. The van der Waals surface area contributed by atoms with Crippen LogP contribution in [0.2, 0.25) is 0 Å². The Balaban J connectivity index is 1.81. The highest BCUT2D eigenvalue weighted by Gasteiger charge is 2.32. The zero-order valence-corrected chi connectivity index (χ0v) is 13.9. The molecule has 0 aliphatic heterocycles. The van der Waals surface area contributed by atoms with Crippen LogP contribution < -0.4 is 16.8 Å². The summed E-state index contributed by atoms with van der Waals surface area (Å²) in [5.74, 6) is -0.160. The summed E-state index contributed by atoms with van der Waals surface area (Å²) in [5, 5.41) is 2.96. The summed E-state index contributed by atoms with van der Waals surface area (Å²) in [6.07, 6.45) is 4.98. The van der Waals surface area contributed by atoms with Crippen LogP contribution in [-0.2, 0) is 0 Å². The van der Waals surface area contributed by atoms with Crippen molar-refractivity contribution in [2.24, 2.45) is 17.4 Å². The highest BCUT2D eigenvalue weighted by Crippen LogP contribution is 2.32. The van der Waals surface area contributed by atoms with Gasteiger partial charge in [0.25, 0.3) is 11.8 Å². The molecule has 0 saturated heterocycles. The number of fused-ring (bicyclic) bond motifs is 1. The number of hydrogen-bond acceptors (Lipinski definition) is 6. The van der Waals surface area contributed by atoms with Gasteiger partial charge in [0.15, 0.2) is 17.1 Å². The van der Waals surface area contributed by atoms with Crippen molar-refractivity contribution in [2.45, 2.75) is 18.9 Å². The lowest BCUT2D eigenvalue weighted by Crippen LogP contribution is -2.42. The van der Waals surface area contributed by atoms with E-state index >= 15 is 0 Å². The van der Waals surface area contributed by atoms with E-state index in [9.17, 15) is 9.59 Å². The van der Waals surface area contributed by atoms with Crippen LogP contribution in [0.3, 0.4) is 0 Å². The van der Waals surface area contributed by atoms with Crippen LogP contribution >= 0.6 is 0 Å². The lowest BCUT2D eigenvalue weighted by molar-refractivity contribution is 0.0925. The van der Waals surface area contributed by atoms with Gasteiger partial charge in [-0.25, -0.2) is 9.97 Å². The first-order chi connectivity index (χ1) is 12.6. The molecular weight excluding hydrogens is 336 g/mol. The summed E-state index contributed by atoms with van der Waals surface area (Å²) in [4.78, 5) is 32.9. The van der Waals surface area contributed by atoms with Crippen molar-refractivity contribution in [3.63, 3.8) is 0 Å². The maximum absolute atomic E-state index is 12.9. The Morgan fingerprint density at radius 1 is 1.42 bits per heavy atom. The number of furan rings is 1. The van der Waals surface area contributed by atoms with Crippen molar-refractivity contribution in [1.29, 1.82) is 0 Å². The van der Waals surface area contributed by atoms with E-state index in [0.717, 1.165) is 12.8 Å². The van der Waals surface area contributed by atoms with Crippen molar-refractivity contribution < 1.29 is 14.0 Å². The largest absolute Gasteiger partial charge is 0.463 e. The van der Waals surface area contributed by atoms with Crippen LogP contribution in [0.25, 0.3) is 17.1 Å². The maximum atomic E-state index is 12.9. The van der Waals surface area contributed by atoms with Gasteiger partial charge in [-0.1, -0.05) is 0 Å². The molecule has 3 aromatic heterocycles. The second-order valence-corrected chi connectivity index (χ2v) is 6.31. The highest BCUT2D eigenvalue weighted by atomic mass is 16.3. The highest BCUT2D eigenvalue weighted by molar-refractivity contribution is 5.99. The van der Waals surface area contributed by atoms with Gasteiger partial charge >= 0.3 is 0 Å². The third-order valence-corrected chi connectivity index (χ3v) is 4.50. The summed E-state index contributed by atoms with van der Waals surface area (Å²) in [6.45, 7) is 0.367. The molecule has 1 unspecified atom stereocenters. The Bertz CT molecular complexity index is 974. The average Bonchev–Trinajstić information content (AvgIpc) is 3.15. The first-order valence-electron chi connectivity index (χ1n) is 8.31. The van der Waals surface area contributed by atoms with Crippen molar-refractivity contribution >= 4 is 17.5 Å². The molecule has 2 amide bonds. The number of nitrogens with zero attached hydrogens (tertiary/aromatic N) is 3. The van der Waals surface area contributed by atoms with Gasteiger partial charge < -0.3 is 21.2 Å². The van der Waals surface area contributed by atoms with Gasteiger partial charge in [0.05, 0.1) is 6.26 Å². The molecule has 26 heavy (non-hydrogen) atoms. The third-order valence-electron chi connectivity index (χ3n) is 4.50. The van der Waals surface area contributed by atoms with Crippen LogP contribution in [0.5, 0.6) is 0 Å². The minimum Gasteiger partial charge on any atom is -0.463 e. The molecule has 1 saturated carbocycles. The van der Waals surface area contributed by atoms with Gasteiger partial charge in [0.2, 0.25) is 0 Å². The molecule has 5 N–H and O–H groups in total. The van der Waals surface area contributed by atoms with Gasteiger partial charge in [-0.3, -0.25) is 14.0 Å². The second kappa shape index (κ2) is 6.26. The molecule has 9 nitrogen and oxygen atoms in total. The van der Waals surface area contributed by atoms with Gasteiger partial charge in [0, 0.05) is 12.6 Å². The summed E-state index contributed by atoms with van der Waals surface area (Å²) in [5.41, 5.74) is 12.0. The molecule has 3 aromatic rings.